The number of hydrogen-bond donors (Lipinski definition) is 0. The van der Waals surface area contributed by atoms with Gasteiger partial charge in [-0.25, -0.2) is 9.48 Å². The molecule has 98 valence electrons. The Kier molecular flexibility index (Phi) is 3.29. The molecule has 0 bridgehead atoms. The summed E-state index contributed by atoms with van der Waals surface area (Å²) in [5, 5.41) is 4.17. The summed E-state index contributed by atoms with van der Waals surface area (Å²) in [6.45, 7) is 1.14. The fraction of sp³-hybridized carbons (Fsp3) is 0.286. The number of para-hydroxylation sites is 1. The van der Waals surface area contributed by atoms with Crippen LogP contribution in [-0.4, -0.2) is 35.1 Å². The van der Waals surface area contributed by atoms with Crippen molar-refractivity contribution in [3.05, 3.63) is 48.3 Å². The minimum Gasteiger partial charge on any atom is -0.456 e. The molecule has 1 aromatic carbocycles. The predicted octanol–water partition coefficient (Wildman–Crippen LogP) is 1.82. The van der Waals surface area contributed by atoms with Crippen molar-refractivity contribution in [1.82, 2.24) is 9.78 Å². The monoisotopic (exact) mass is 258 g/mol. The first-order valence-corrected chi connectivity index (χ1v) is 6.22. The van der Waals surface area contributed by atoms with Crippen LogP contribution < -0.4 is 0 Å². The van der Waals surface area contributed by atoms with Crippen LogP contribution in [0.15, 0.2) is 42.7 Å². The molecule has 1 fully saturated rings. The zero-order valence-corrected chi connectivity index (χ0v) is 10.4. The van der Waals surface area contributed by atoms with Crippen LogP contribution in [0.25, 0.3) is 5.69 Å². The number of esters is 1. The van der Waals surface area contributed by atoms with Gasteiger partial charge in [0.1, 0.15) is 6.10 Å². The van der Waals surface area contributed by atoms with Gasteiger partial charge in [-0.3, -0.25) is 0 Å². The summed E-state index contributed by atoms with van der Waals surface area (Å²) in [6.07, 6.45) is 3.82. The minimum atomic E-state index is -0.349. The third-order valence-electron chi connectivity index (χ3n) is 3.00. The molecule has 1 aromatic heterocycles. The Bertz CT molecular complexity index is 559. The molecule has 5 nitrogen and oxygen atoms in total. The summed E-state index contributed by atoms with van der Waals surface area (Å²) in [5.74, 6) is -0.349. The predicted molar refractivity (Wildman–Crippen MR) is 68.2 cm³/mol. The molecule has 2 aromatic rings. The number of aromatic nitrogens is 2. The number of benzene rings is 1. The van der Waals surface area contributed by atoms with Crippen molar-refractivity contribution in [3.63, 3.8) is 0 Å². The van der Waals surface area contributed by atoms with E-state index in [1.54, 1.807) is 10.9 Å². The van der Waals surface area contributed by atoms with E-state index >= 15 is 0 Å². The maximum atomic E-state index is 11.9. The second-order valence-corrected chi connectivity index (χ2v) is 4.40. The quantitative estimate of drug-likeness (QED) is 0.788. The van der Waals surface area contributed by atoms with E-state index < -0.39 is 0 Å². The summed E-state index contributed by atoms with van der Waals surface area (Å²) in [4.78, 5) is 11.9. The number of ether oxygens (including phenoxy) is 2. The highest BCUT2D eigenvalue weighted by atomic mass is 16.6. The van der Waals surface area contributed by atoms with Crippen LogP contribution >= 0.6 is 0 Å². The van der Waals surface area contributed by atoms with Gasteiger partial charge in [0.05, 0.1) is 30.7 Å². The molecule has 5 heteroatoms. The van der Waals surface area contributed by atoms with Gasteiger partial charge in [0.2, 0.25) is 0 Å². The smallest absolute Gasteiger partial charge is 0.341 e. The number of carbonyl (C=O) groups excluding carboxylic acids is 1. The zero-order chi connectivity index (χ0) is 13.1. The molecule has 0 amide bonds. The topological polar surface area (TPSA) is 53.4 Å². The lowest BCUT2D eigenvalue weighted by Crippen LogP contribution is -2.17. The molecule has 1 aliphatic rings. The van der Waals surface area contributed by atoms with Crippen molar-refractivity contribution < 1.29 is 14.3 Å². The summed E-state index contributed by atoms with van der Waals surface area (Å²) in [5.41, 5.74) is 1.36. The lowest BCUT2D eigenvalue weighted by atomic mass is 10.3. The van der Waals surface area contributed by atoms with Crippen LogP contribution in [0.3, 0.4) is 0 Å². The molecular weight excluding hydrogens is 244 g/mol. The lowest BCUT2D eigenvalue weighted by Gasteiger charge is -2.08. The fourth-order valence-corrected chi connectivity index (χ4v) is 1.98. The van der Waals surface area contributed by atoms with Crippen LogP contribution in [0.5, 0.6) is 0 Å². The average molecular weight is 258 g/mol. The van der Waals surface area contributed by atoms with Crippen LogP contribution in [0.4, 0.5) is 0 Å². The molecule has 1 unspecified atom stereocenters. The van der Waals surface area contributed by atoms with E-state index in [9.17, 15) is 4.79 Å². The molecule has 0 saturated carbocycles. The van der Waals surface area contributed by atoms with Gasteiger partial charge in [0.15, 0.2) is 0 Å². The summed E-state index contributed by atoms with van der Waals surface area (Å²) >= 11 is 0. The SMILES string of the molecule is O=C(OC1CCOC1)c1cnn(-c2ccccc2)c1. The van der Waals surface area contributed by atoms with Gasteiger partial charge in [-0.2, -0.15) is 5.10 Å². The molecule has 0 N–H and O–H groups in total. The van der Waals surface area contributed by atoms with E-state index in [2.05, 4.69) is 5.10 Å². The van der Waals surface area contributed by atoms with Crippen molar-refractivity contribution in [3.8, 4) is 5.69 Å². The van der Waals surface area contributed by atoms with Crippen LogP contribution in [-0.2, 0) is 9.47 Å². The molecule has 1 saturated heterocycles. The van der Waals surface area contributed by atoms with Gasteiger partial charge in [0.25, 0.3) is 0 Å². The van der Waals surface area contributed by atoms with Gasteiger partial charge in [-0.15, -0.1) is 0 Å². The van der Waals surface area contributed by atoms with Crippen molar-refractivity contribution in [1.29, 1.82) is 0 Å². The summed E-state index contributed by atoms with van der Waals surface area (Å²) < 4.78 is 12.2. The highest BCUT2D eigenvalue weighted by Crippen LogP contribution is 2.13. The Morgan fingerprint density at radius 3 is 2.95 bits per heavy atom. The first-order valence-electron chi connectivity index (χ1n) is 6.22. The van der Waals surface area contributed by atoms with Crippen molar-refractivity contribution in [2.45, 2.75) is 12.5 Å². The van der Waals surface area contributed by atoms with E-state index in [1.807, 2.05) is 30.3 Å². The van der Waals surface area contributed by atoms with Gasteiger partial charge in [-0.1, -0.05) is 18.2 Å². The van der Waals surface area contributed by atoms with Crippen molar-refractivity contribution in [2.75, 3.05) is 13.2 Å². The largest absolute Gasteiger partial charge is 0.456 e. The molecule has 0 spiro atoms. The van der Waals surface area contributed by atoms with Crippen LogP contribution in [0, 0.1) is 0 Å². The number of rotatable bonds is 3. The van der Waals surface area contributed by atoms with E-state index in [1.165, 1.54) is 6.20 Å². The van der Waals surface area contributed by atoms with E-state index in [4.69, 9.17) is 9.47 Å². The molecule has 3 rings (SSSR count). The summed E-state index contributed by atoms with van der Waals surface area (Å²) in [7, 11) is 0. The number of carbonyl (C=O) groups is 1. The Balaban J connectivity index is 1.72. The van der Waals surface area contributed by atoms with E-state index in [0.29, 0.717) is 18.8 Å². The Morgan fingerprint density at radius 2 is 2.21 bits per heavy atom. The maximum Gasteiger partial charge on any atom is 0.341 e. The minimum absolute atomic E-state index is 0.132. The van der Waals surface area contributed by atoms with E-state index in [-0.39, 0.29) is 12.1 Å². The van der Waals surface area contributed by atoms with Gasteiger partial charge >= 0.3 is 5.97 Å². The van der Waals surface area contributed by atoms with Gasteiger partial charge < -0.3 is 9.47 Å². The first kappa shape index (κ1) is 11.9. The van der Waals surface area contributed by atoms with E-state index in [0.717, 1.165) is 12.1 Å². The lowest BCUT2D eigenvalue weighted by molar-refractivity contribution is 0.0270. The van der Waals surface area contributed by atoms with Crippen LogP contribution in [0.1, 0.15) is 16.8 Å². The zero-order valence-electron chi connectivity index (χ0n) is 10.4. The fourth-order valence-electron chi connectivity index (χ4n) is 1.98. The Hall–Kier alpha value is -2.14. The normalized spacial score (nSPS) is 18.4. The second-order valence-electron chi connectivity index (χ2n) is 4.40. The van der Waals surface area contributed by atoms with Crippen molar-refractivity contribution in [2.24, 2.45) is 0 Å². The highest BCUT2D eigenvalue weighted by Gasteiger charge is 2.21. The summed E-state index contributed by atoms with van der Waals surface area (Å²) in [6, 6.07) is 9.62. The molecule has 0 aliphatic carbocycles. The molecule has 1 aliphatic heterocycles. The van der Waals surface area contributed by atoms with Crippen molar-refractivity contribution >= 4 is 5.97 Å². The Morgan fingerprint density at radius 1 is 1.37 bits per heavy atom. The Labute approximate surface area is 110 Å². The molecule has 0 radical (unpaired) electrons. The van der Waals surface area contributed by atoms with Gasteiger partial charge in [0, 0.05) is 12.6 Å². The third-order valence-corrected chi connectivity index (χ3v) is 3.00. The standard InChI is InChI=1S/C14H14N2O3/c17-14(19-13-6-7-18-10-13)11-8-15-16(9-11)12-4-2-1-3-5-12/h1-5,8-9,13H,6-7,10H2. The van der Waals surface area contributed by atoms with Gasteiger partial charge in [-0.05, 0) is 12.1 Å². The number of nitrogens with zero attached hydrogens (tertiary/aromatic N) is 2. The second kappa shape index (κ2) is 5.24. The van der Waals surface area contributed by atoms with Crippen LogP contribution in [0.2, 0.25) is 0 Å². The maximum absolute atomic E-state index is 11.9. The highest BCUT2D eigenvalue weighted by molar-refractivity contribution is 5.89. The molecule has 2 heterocycles. The number of hydrogen-bond acceptors (Lipinski definition) is 4. The molecular formula is C14H14N2O3. The molecule has 19 heavy (non-hydrogen) atoms. The average Bonchev–Trinajstić information content (AvgIpc) is 3.10. The molecule has 1 atom stereocenters. The third kappa shape index (κ3) is 2.66. The first-order chi connectivity index (χ1) is 9.33.